The minimum absolute atomic E-state index is 0.00569. The van der Waals surface area contributed by atoms with Crippen LogP contribution < -0.4 is 8.81 Å². The zero-order valence-corrected chi connectivity index (χ0v) is 16.7. The molecule has 0 unspecified atom stereocenters. The van der Waals surface area contributed by atoms with Crippen molar-refractivity contribution in [1.29, 1.82) is 0 Å². The van der Waals surface area contributed by atoms with Crippen LogP contribution in [0.1, 0.15) is 5.56 Å². The summed E-state index contributed by atoms with van der Waals surface area (Å²) in [6.45, 7) is 2.04. The van der Waals surface area contributed by atoms with Gasteiger partial charge in [-0.3, -0.25) is 0 Å². The number of hydrogen-bond acceptors (Lipinski definition) is 4. The third-order valence-electron chi connectivity index (χ3n) is 2.88. The summed E-state index contributed by atoms with van der Waals surface area (Å²) in [7, 11) is 0. The molecule has 0 atom stereocenters. The van der Waals surface area contributed by atoms with Crippen LogP contribution in [-0.4, -0.2) is 9.73 Å². The monoisotopic (exact) mass is 449 g/mol. The van der Waals surface area contributed by atoms with Crippen LogP contribution in [-0.2, 0) is 28.8 Å². The molecule has 0 aromatic heterocycles. The molecular formula is C13H13HgNO2S. The Morgan fingerprint density at radius 1 is 1.39 bits per heavy atom. The van der Waals surface area contributed by atoms with E-state index in [2.05, 4.69) is 12.1 Å². The number of aryl methyl sites for hydroxylation is 1. The van der Waals surface area contributed by atoms with Gasteiger partial charge in [-0.25, -0.2) is 0 Å². The van der Waals surface area contributed by atoms with Crippen molar-refractivity contribution >= 4 is 35.1 Å². The van der Waals surface area contributed by atoms with Crippen molar-refractivity contribution in [3.63, 3.8) is 0 Å². The number of nitrogen functional groups attached to an aromatic ring is 1. The normalized spacial score (nSPS) is 10.1. The zero-order chi connectivity index (χ0) is 13.1. The summed E-state index contributed by atoms with van der Waals surface area (Å²) in [5, 5.41) is 2.16. The van der Waals surface area contributed by atoms with Crippen LogP contribution in [0.3, 0.4) is 0 Å². The van der Waals surface area contributed by atoms with Gasteiger partial charge in [0.25, 0.3) is 0 Å². The van der Waals surface area contributed by atoms with Crippen molar-refractivity contribution in [3.05, 3.63) is 35.9 Å². The second kappa shape index (κ2) is 5.93. The molecule has 0 aliphatic carbocycles. The number of carbonyl (C=O) groups is 1. The Bertz CT molecular complexity index is 601. The van der Waals surface area contributed by atoms with E-state index in [1.807, 2.05) is 25.1 Å². The van der Waals surface area contributed by atoms with Gasteiger partial charge < -0.3 is 0 Å². The van der Waals surface area contributed by atoms with Crippen molar-refractivity contribution in [2.75, 3.05) is 12.0 Å². The van der Waals surface area contributed by atoms with Gasteiger partial charge in [0.05, 0.1) is 0 Å². The maximum atomic E-state index is 11.6. The fourth-order valence-electron chi connectivity index (χ4n) is 1.97. The Morgan fingerprint density at radius 3 is 2.89 bits per heavy atom. The summed E-state index contributed by atoms with van der Waals surface area (Å²) in [6, 6.07) is 10.0. The molecule has 5 heteroatoms. The molecule has 0 spiro atoms. The van der Waals surface area contributed by atoms with E-state index < -0.39 is 24.6 Å². The SMILES string of the molecule is CSO[C](=O)[Hg][c]1cc2cccc(N)c2cc1C. The summed E-state index contributed by atoms with van der Waals surface area (Å²) in [5.41, 5.74) is 7.88. The van der Waals surface area contributed by atoms with Crippen molar-refractivity contribution < 1.29 is 33.6 Å². The first kappa shape index (κ1) is 13.7. The van der Waals surface area contributed by atoms with Crippen LogP contribution in [0.15, 0.2) is 30.3 Å². The summed E-state index contributed by atoms with van der Waals surface area (Å²) < 4.78 is 6.18. The Morgan fingerprint density at radius 2 is 2.17 bits per heavy atom. The standard InChI is InChI=1S/C11H10N.C2H3O2S.Hg/c1-8-5-6-9-3-2-4-11(12)10(9)7-8;1-5-4-2-3;/h2-4,6-7H,12H2,1H3;1H3;. The second-order valence-electron chi connectivity index (χ2n) is 4.15. The summed E-state index contributed by atoms with van der Waals surface area (Å²) >= 11 is -0.727. The Labute approximate surface area is 123 Å². The van der Waals surface area contributed by atoms with Crippen LogP contribution in [0.2, 0.25) is 0 Å². The fourth-order valence-corrected chi connectivity index (χ4v) is 8.22. The number of anilines is 1. The predicted molar refractivity (Wildman–Crippen MR) is 72.7 cm³/mol. The first-order valence-corrected chi connectivity index (χ1v) is 12.3. The summed E-state index contributed by atoms with van der Waals surface area (Å²) in [5.74, 6) is 0. The molecule has 2 aromatic carbocycles. The maximum absolute atomic E-state index is 11.6. The number of hydrogen-bond donors (Lipinski definition) is 1. The van der Waals surface area contributed by atoms with E-state index in [1.165, 1.54) is 3.07 Å². The molecule has 18 heavy (non-hydrogen) atoms. The van der Waals surface area contributed by atoms with Gasteiger partial charge in [0.1, 0.15) is 0 Å². The molecule has 0 saturated carbocycles. The Kier molecular flexibility index (Phi) is 4.51. The summed E-state index contributed by atoms with van der Waals surface area (Å²) in [4.78, 5) is 11.6. The second-order valence-corrected chi connectivity index (χ2v) is 11.2. The molecule has 0 bridgehead atoms. The molecule has 0 heterocycles. The molecule has 0 aliphatic heterocycles. The van der Waals surface area contributed by atoms with Crippen molar-refractivity contribution in [2.24, 2.45) is 0 Å². The minimum atomic E-state index is -1.85. The van der Waals surface area contributed by atoms with Gasteiger partial charge in [0, 0.05) is 0 Å². The molecule has 0 amide bonds. The van der Waals surface area contributed by atoms with Crippen LogP contribution in [0, 0.1) is 6.92 Å². The molecule has 2 aromatic rings. The van der Waals surface area contributed by atoms with Gasteiger partial charge in [0.15, 0.2) is 0 Å². The Balaban J connectivity index is 2.40. The van der Waals surface area contributed by atoms with Gasteiger partial charge in [0.2, 0.25) is 0 Å². The van der Waals surface area contributed by atoms with E-state index in [4.69, 9.17) is 9.92 Å². The predicted octanol–water partition coefficient (Wildman–Crippen LogP) is 2.85. The van der Waals surface area contributed by atoms with Crippen LogP contribution in [0.4, 0.5) is 10.5 Å². The van der Waals surface area contributed by atoms with E-state index in [1.54, 1.807) is 6.26 Å². The molecule has 2 rings (SSSR count). The number of fused-ring (bicyclic) bond motifs is 1. The van der Waals surface area contributed by atoms with Gasteiger partial charge in [-0.05, 0) is 0 Å². The fraction of sp³-hybridized carbons (Fsp3) is 0.154. The van der Waals surface area contributed by atoms with Crippen LogP contribution in [0.5, 0.6) is 0 Å². The molecular weight excluding hydrogens is 435 g/mol. The number of benzene rings is 2. The topological polar surface area (TPSA) is 52.3 Å². The van der Waals surface area contributed by atoms with Crippen molar-refractivity contribution in [2.45, 2.75) is 6.92 Å². The molecule has 0 aliphatic rings. The van der Waals surface area contributed by atoms with E-state index in [0.29, 0.717) is 0 Å². The van der Waals surface area contributed by atoms with Gasteiger partial charge in [-0.1, -0.05) is 0 Å². The summed E-state index contributed by atoms with van der Waals surface area (Å²) in [6.07, 6.45) is 1.76. The third-order valence-corrected chi connectivity index (χ3v) is 10.2. The first-order valence-electron chi connectivity index (χ1n) is 5.63. The van der Waals surface area contributed by atoms with Crippen molar-refractivity contribution in [3.8, 4) is 0 Å². The van der Waals surface area contributed by atoms with Crippen molar-refractivity contribution in [1.82, 2.24) is 0 Å². The van der Waals surface area contributed by atoms with E-state index >= 15 is 0 Å². The number of rotatable bonds is 3. The van der Waals surface area contributed by atoms with Crippen LogP contribution in [0.25, 0.3) is 10.8 Å². The molecule has 90 valence electrons. The molecule has 0 fully saturated rings. The number of nitrogens with two attached hydrogens (primary N) is 1. The van der Waals surface area contributed by atoms with Gasteiger partial charge >= 0.3 is 123 Å². The third kappa shape index (κ3) is 2.98. The van der Waals surface area contributed by atoms with Gasteiger partial charge in [-0.15, -0.1) is 0 Å². The molecule has 0 radical (unpaired) electrons. The van der Waals surface area contributed by atoms with E-state index in [9.17, 15) is 4.79 Å². The van der Waals surface area contributed by atoms with E-state index in [0.717, 1.165) is 34.1 Å². The van der Waals surface area contributed by atoms with Crippen LogP contribution >= 0.6 is 12.0 Å². The number of carbonyl (C=O) groups excluding carboxylic acids is 1. The average Bonchev–Trinajstić information content (AvgIpc) is 2.32. The van der Waals surface area contributed by atoms with Gasteiger partial charge in [-0.2, -0.15) is 0 Å². The Hall–Kier alpha value is -0.745. The average molecular weight is 448 g/mol. The quantitative estimate of drug-likeness (QED) is 0.446. The zero-order valence-electron chi connectivity index (χ0n) is 10.4. The molecule has 2 N–H and O–H groups in total. The van der Waals surface area contributed by atoms with E-state index in [-0.39, 0.29) is 3.48 Å². The molecule has 0 saturated heterocycles. The molecule has 3 nitrogen and oxygen atoms in total. The first-order chi connectivity index (χ1) is 8.61.